The molecule has 2 aliphatic heterocycles. The smallest absolute Gasteiger partial charge is 0.260 e. The summed E-state index contributed by atoms with van der Waals surface area (Å²) in [5.41, 5.74) is 5.83. The van der Waals surface area contributed by atoms with E-state index < -0.39 is 10.0 Å². The number of anilines is 1. The molecule has 6 rings (SSSR count). The number of morpholine rings is 1. The van der Waals surface area contributed by atoms with Gasteiger partial charge in [-0.25, -0.2) is 13.4 Å². The maximum absolute atomic E-state index is 14.0. The van der Waals surface area contributed by atoms with Crippen molar-refractivity contribution in [1.29, 1.82) is 0 Å². The third-order valence-corrected chi connectivity index (χ3v) is 11.0. The molecule has 3 aromatic carbocycles. The number of carbonyl (C=O) groups excluding carboxylic acids is 1. The molecule has 2 aliphatic rings. The van der Waals surface area contributed by atoms with E-state index >= 15 is 0 Å². The molecule has 1 amide bonds. The molecule has 0 aliphatic carbocycles. The number of nitrogens with zero attached hydrogens (tertiary/aromatic N) is 4. The van der Waals surface area contributed by atoms with E-state index in [0.29, 0.717) is 36.8 Å². The molecule has 0 unspecified atom stereocenters. The van der Waals surface area contributed by atoms with Crippen molar-refractivity contribution in [2.45, 2.75) is 38.1 Å². The topological polar surface area (TPSA) is 83.0 Å². The van der Waals surface area contributed by atoms with Crippen molar-refractivity contribution in [3.8, 4) is 0 Å². The Bertz CT molecular complexity index is 1700. The third-order valence-electron chi connectivity index (χ3n) is 8.09. The number of hydrogen-bond acceptors (Lipinski definition) is 7. The molecule has 1 saturated heterocycles. The lowest BCUT2D eigenvalue weighted by Gasteiger charge is -2.28. The lowest BCUT2D eigenvalue weighted by molar-refractivity contribution is 0.0376. The number of rotatable bonds is 8. The Morgan fingerprint density at radius 3 is 2.50 bits per heavy atom. The fraction of sp³-hybridized carbons (Fsp3) is 0.375. The second kappa shape index (κ2) is 12.2. The number of benzene rings is 3. The first-order valence-electron chi connectivity index (χ1n) is 14.5. The van der Waals surface area contributed by atoms with Gasteiger partial charge in [-0.3, -0.25) is 14.6 Å². The standard InChI is InChI=1S/C32H36N4O4S2/c1-23-20-24(2)30-29(21-23)41-32(33-30)36(14-5-13-34-16-18-40-19-17-34)31(37)26-8-10-28(11-9-26)42(38,39)35-15-12-25-6-3-4-7-27(25)22-35/h3-4,6-11,20-21H,5,12-19,22H2,1-2H3. The fourth-order valence-corrected chi connectivity index (χ4v) is 8.37. The molecule has 42 heavy (non-hydrogen) atoms. The highest BCUT2D eigenvalue weighted by molar-refractivity contribution is 7.89. The van der Waals surface area contributed by atoms with Gasteiger partial charge >= 0.3 is 0 Å². The van der Waals surface area contributed by atoms with Crippen molar-refractivity contribution >= 4 is 42.6 Å². The monoisotopic (exact) mass is 604 g/mol. The van der Waals surface area contributed by atoms with Crippen LogP contribution in [0.5, 0.6) is 0 Å². The van der Waals surface area contributed by atoms with Crippen LogP contribution in [0.1, 0.15) is 39.0 Å². The first-order chi connectivity index (χ1) is 20.3. The minimum atomic E-state index is -3.69. The van der Waals surface area contributed by atoms with Gasteiger partial charge in [-0.15, -0.1) is 0 Å². The van der Waals surface area contributed by atoms with Crippen LogP contribution in [0.2, 0.25) is 0 Å². The molecular weight excluding hydrogens is 569 g/mol. The Labute approximate surface area is 251 Å². The summed E-state index contributed by atoms with van der Waals surface area (Å²) in [6.07, 6.45) is 1.48. The summed E-state index contributed by atoms with van der Waals surface area (Å²) in [7, 11) is -3.69. The number of aromatic nitrogens is 1. The molecule has 0 N–H and O–H groups in total. The van der Waals surface area contributed by atoms with Crippen LogP contribution in [-0.2, 0) is 27.7 Å². The highest BCUT2D eigenvalue weighted by Gasteiger charge is 2.29. The minimum absolute atomic E-state index is 0.179. The predicted octanol–water partition coefficient (Wildman–Crippen LogP) is 5.03. The Hall–Kier alpha value is -3.15. The van der Waals surface area contributed by atoms with Gasteiger partial charge in [-0.1, -0.05) is 41.7 Å². The van der Waals surface area contributed by atoms with Crippen molar-refractivity contribution in [2.75, 3.05) is 50.8 Å². The predicted molar refractivity (Wildman–Crippen MR) is 167 cm³/mol. The molecule has 8 nitrogen and oxygen atoms in total. The highest BCUT2D eigenvalue weighted by Crippen LogP contribution is 2.33. The second-order valence-electron chi connectivity index (χ2n) is 11.1. The molecule has 0 spiro atoms. The number of amides is 1. The van der Waals surface area contributed by atoms with Crippen LogP contribution in [0, 0.1) is 13.8 Å². The lowest BCUT2D eigenvalue weighted by Crippen LogP contribution is -2.39. The zero-order valence-electron chi connectivity index (χ0n) is 24.1. The summed E-state index contributed by atoms with van der Waals surface area (Å²) < 4.78 is 35.0. The van der Waals surface area contributed by atoms with E-state index in [9.17, 15) is 13.2 Å². The molecular formula is C32H36N4O4S2. The van der Waals surface area contributed by atoms with E-state index in [-0.39, 0.29) is 10.8 Å². The first kappa shape index (κ1) is 28.9. The molecule has 0 bridgehead atoms. The van der Waals surface area contributed by atoms with Crippen molar-refractivity contribution in [3.63, 3.8) is 0 Å². The van der Waals surface area contributed by atoms with Crippen LogP contribution < -0.4 is 4.90 Å². The number of thiazole rings is 1. The molecule has 220 valence electrons. The summed E-state index contributed by atoms with van der Waals surface area (Å²) in [6.45, 7) is 9.54. The van der Waals surface area contributed by atoms with E-state index in [1.807, 2.05) is 25.1 Å². The normalized spacial score (nSPS) is 16.4. The summed E-state index contributed by atoms with van der Waals surface area (Å²) in [4.78, 5) is 23.2. The van der Waals surface area contributed by atoms with Crippen LogP contribution >= 0.6 is 11.3 Å². The summed E-state index contributed by atoms with van der Waals surface area (Å²) >= 11 is 1.52. The third kappa shape index (κ3) is 6.00. The summed E-state index contributed by atoms with van der Waals surface area (Å²) in [5.74, 6) is -0.179. The number of carbonyl (C=O) groups is 1. The molecule has 0 saturated carbocycles. The van der Waals surface area contributed by atoms with Gasteiger partial charge < -0.3 is 4.74 Å². The molecule has 0 radical (unpaired) electrons. The first-order valence-corrected chi connectivity index (χ1v) is 16.7. The van der Waals surface area contributed by atoms with Gasteiger partial charge in [0.15, 0.2) is 5.13 Å². The lowest BCUT2D eigenvalue weighted by atomic mass is 10.0. The molecule has 4 aromatic rings. The van der Waals surface area contributed by atoms with Crippen molar-refractivity contribution in [2.24, 2.45) is 0 Å². The Morgan fingerprint density at radius 1 is 1.00 bits per heavy atom. The zero-order chi connectivity index (χ0) is 29.3. The Kier molecular flexibility index (Phi) is 8.42. The maximum atomic E-state index is 14.0. The summed E-state index contributed by atoms with van der Waals surface area (Å²) in [6, 6.07) is 18.6. The summed E-state index contributed by atoms with van der Waals surface area (Å²) in [5, 5.41) is 0.661. The fourth-order valence-electron chi connectivity index (χ4n) is 5.78. The van der Waals surface area contributed by atoms with Gasteiger partial charge in [0, 0.05) is 44.8 Å². The SMILES string of the molecule is Cc1cc(C)c2nc(N(CCCN3CCOCC3)C(=O)c3ccc(S(=O)(=O)N4CCc5ccccc5C4)cc3)sc2c1. The van der Waals surface area contributed by atoms with Crippen molar-refractivity contribution in [3.05, 3.63) is 88.5 Å². The van der Waals surface area contributed by atoms with Gasteiger partial charge in [-0.05, 0) is 79.3 Å². The van der Waals surface area contributed by atoms with Crippen LogP contribution in [-0.4, -0.2) is 74.5 Å². The van der Waals surface area contributed by atoms with Crippen LogP contribution in [0.25, 0.3) is 10.2 Å². The molecule has 3 heterocycles. The number of fused-ring (bicyclic) bond motifs is 2. The van der Waals surface area contributed by atoms with E-state index in [1.165, 1.54) is 21.2 Å². The van der Waals surface area contributed by atoms with Gasteiger partial charge in [0.05, 0.1) is 28.3 Å². The van der Waals surface area contributed by atoms with E-state index in [0.717, 1.165) is 66.2 Å². The van der Waals surface area contributed by atoms with E-state index in [2.05, 4.69) is 30.0 Å². The van der Waals surface area contributed by atoms with Crippen LogP contribution in [0.4, 0.5) is 5.13 Å². The molecule has 1 aromatic heterocycles. The van der Waals surface area contributed by atoms with Gasteiger partial charge in [-0.2, -0.15) is 4.31 Å². The number of ether oxygens (including phenoxy) is 1. The van der Waals surface area contributed by atoms with Gasteiger partial charge in [0.1, 0.15) is 0 Å². The average molecular weight is 605 g/mol. The van der Waals surface area contributed by atoms with E-state index in [1.54, 1.807) is 29.2 Å². The zero-order valence-corrected chi connectivity index (χ0v) is 25.7. The Balaban J connectivity index is 1.23. The minimum Gasteiger partial charge on any atom is -0.379 e. The van der Waals surface area contributed by atoms with Gasteiger partial charge in [0.2, 0.25) is 10.0 Å². The number of hydrogen-bond donors (Lipinski definition) is 0. The van der Waals surface area contributed by atoms with Crippen molar-refractivity contribution in [1.82, 2.24) is 14.2 Å². The number of sulfonamides is 1. The van der Waals surface area contributed by atoms with Crippen LogP contribution in [0.15, 0.2) is 65.6 Å². The molecule has 10 heteroatoms. The maximum Gasteiger partial charge on any atom is 0.260 e. The van der Waals surface area contributed by atoms with Crippen molar-refractivity contribution < 1.29 is 17.9 Å². The second-order valence-corrected chi connectivity index (χ2v) is 14.0. The quantitative estimate of drug-likeness (QED) is 0.281. The van der Waals surface area contributed by atoms with Crippen LogP contribution in [0.3, 0.4) is 0 Å². The highest BCUT2D eigenvalue weighted by atomic mass is 32.2. The average Bonchev–Trinajstić information content (AvgIpc) is 3.43. The Morgan fingerprint density at radius 2 is 1.74 bits per heavy atom. The van der Waals surface area contributed by atoms with Gasteiger partial charge in [0.25, 0.3) is 5.91 Å². The molecule has 0 atom stereocenters. The van der Waals surface area contributed by atoms with E-state index in [4.69, 9.17) is 9.72 Å². The number of aryl methyl sites for hydroxylation is 2. The largest absolute Gasteiger partial charge is 0.379 e. The molecule has 1 fully saturated rings.